The molecule has 1 atom stereocenters. The van der Waals surface area contributed by atoms with E-state index in [1.165, 1.54) is 12.8 Å². The number of amides is 1. The van der Waals surface area contributed by atoms with Crippen molar-refractivity contribution in [2.24, 2.45) is 0 Å². The minimum Gasteiger partial charge on any atom is -0.336 e. The Balaban J connectivity index is 2.47. The van der Waals surface area contributed by atoms with Crippen molar-refractivity contribution in [3.63, 3.8) is 0 Å². The molecule has 3 heteroatoms. The third-order valence-electron chi connectivity index (χ3n) is 3.60. The van der Waals surface area contributed by atoms with E-state index in [0.717, 1.165) is 38.8 Å². The van der Waals surface area contributed by atoms with Gasteiger partial charge in [-0.15, -0.1) is 0 Å². The first kappa shape index (κ1) is 13.5. The molecule has 1 N–H and O–H groups in total. The molecule has 1 heterocycles. The number of unbranched alkanes of at least 4 members (excludes halogenated alkanes) is 2. The highest BCUT2D eigenvalue weighted by atomic mass is 16.2. The van der Waals surface area contributed by atoms with Gasteiger partial charge < -0.3 is 10.2 Å². The first-order valence-corrected chi connectivity index (χ1v) is 6.59. The molecule has 0 aromatic rings. The SMILES string of the molecule is CCCCCC(=O)N1CCCC1(C)CNC. The highest BCUT2D eigenvalue weighted by Gasteiger charge is 2.38. The molecule has 1 amide bonds. The van der Waals surface area contributed by atoms with Gasteiger partial charge in [0, 0.05) is 19.5 Å². The van der Waals surface area contributed by atoms with Crippen molar-refractivity contribution in [1.82, 2.24) is 10.2 Å². The first-order chi connectivity index (χ1) is 7.64. The van der Waals surface area contributed by atoms with Crippen LogP contribution in [-0.2, 0) is 4.79 Å². The summed E-state index contributed by atoms with van der Waals surface area (Å²) in [5, 5.41) is 3.21. The predicted molar refractivity (Wildman–Crippen MR) is 67.4 cm³/mol. The molecule has 1 unspecified atom stereocenters. The van der Waals surface area contributed by atoms with Gasteiger partial charge in [0.2, 0.25) is 5.91 Å². The van der Waals surface area contributed by atoms with Crippen LogP contribution in [0, 0.1) is 0 Å². The largest absolute Gasteiger partial charge is 0.336 e. The lowest BCUT2D eigenvalue weighted by molar-refractivity contribution is -0.134. The van der Waals surface area contributed by atoms with Crippen LogP contribution in [0.3, 0.4) is 0 Å². The van der Waals surface area contributed by atoms with Crippen LogP contribution in [0.1, 0.15) is 52.4 Å². The van der Waals surface area contributed by atoms with Crippen molar-refractivity contribution in [3.05, 3.63) is 0 Å². The highest BCUT2D eigenvalue weighted by Crippen LogP contribution is 2.29. The number of likely N-dealkylation sites (tertiary alicyclic amines) is 1. The molecule has 0 aliphatic carbocycles. The molecule has 1 aliphatic rings. The molecule has 1 fully saturated rings. The maximum absolute atomic E-state index is 12.1. The van der Waals surface area contributed by atoms with Gasteiger partial charge in [-0.05, 0) is 33.2 Å². The Kier molecular flexibility index (Phi) is 5.26. The highest BCUT2D eigenvalue weighted by molar-refractivity contribution is 5.77. The summed E-state index contributed by atoms with van der Waals surface area (Å²) in [4.78, 5) is 14.2. The molecule has 0 bridgehead atoms. The van der Waals surface area contributed by atoms with Crippen LogP contribution in [0.4, 0.5) is 0 Å². The number of hydrogen-bond acceptors (Lipinski definition) is 2. The first-order valence-electron chi connectivity index (χ1n) is 6.59. The van der Waals surface area contributed by atoms with Gasteiger partial charge >= 0.3 is 0 Å². The molecule has 1 saturated heterocycles. The fraction of sp³-hybridized carbons (Fsp3) is 0.923. The molecule has 0 spiro atoms. The molecular weight excluding hydrogens is 200 g/mol. The van der Waals surface area contributed by atoms with Crippen LogP contribution >= 0.6 is 0 Å². The molecule has 94 valence electrons. The maximum Gasteiger partial charge on any atom is 0.223 e. The van der Waals surface area contributed by atoms with Gasteiger partial charge in [0.1, 0.15) is 0 Å². The molecule has 0 radical (unpaired) electrons. The van der Waals surface area contributed by atoms with Crippen LogP contribution < -0.4 is 5.32 Å². The Morgan fingerprint density at radius 2 is 2.19 bits per heavy atom. The summed E-state index contributed by atoms with van der Waals surface area (Å²) in [7, 11) is 1.96. The smallest absolute Gasteiger partial charge is 0.223 e. The fourth-order valence-corrected chi connectivity index (χ4v) is 2.67. The molecule has 1 rings (SSSR count). The van der Waals surface area contributed by atoms with Crippen LogP contribution in [0.25, 0.3) is 0 Å². The Bertz CT molecular complexity index is 230. The van der Waals surface area contributed by atoms with Crippen molar-refractivity contribution in [2.75, 3.05) is 20.1 Å². The Morgan fingerprint density at radius 1 is 1.44 bits per heavy atom. The second-order valence-corrected chi connectivity index (χ2v) is 5.13. The van der Waals surface area contributed by atoms with Crippen molar-refractivity contribution >= 4 is 5.91 Å². The summed E-state index contributed by atoms with van der Waals surface area (Å²) in [5.41, 5.74) is 0.0536. The average molecular weight is 226 g/mol. The Labute approximate surface area is 99.6 Å². The van der Waals surface area contributed by atoms with Crippen LogP contribution in [0.15, 0.2) is 0 Å². The molecular formula is C13H26N2O. The summed E-state index contributed by atoms with van der Waals surface area (Å²) < 4.78 is 0. The summed E-state index contributed by atoms with van der Waals surface area (Å²) in [6.45, 7) is 6.23. The Morgan fingerprint density at radius 3 is 2.81 bits per heavy atom. The van der Waals surface area contributed by atoms with E-state index in [4.69, 9.17) is 0 Å². The number of carbonyl (C=O) groups is 1. The predicted octanol–water partition coefficient (Wildman–Crippen LogP) is 2.17. The number of nitrogens with zero attached hydrogens (tertiary/aromatic N) is 1. The zero-order valence-corrected chi connectivity index (χ0v) is 11.0. The van der Waals surface area contributed by atoms with Gasteiger partial charge in [0.25, 0.3) is 0 Å². The third kappa shape index (κ3) is 3.21. The lowest BCUT2D eigenvalue weighted by Gasteiger charge is -2.35. The quantitative estimate of drug-likeness (QED) is 0.704. The number of likely N-dealkylation sites (N-methyl/N-ethyl adjacent to an activating group) is 1. The van der Waals surface area contributed by atoms with Gasteiger partial charge in [-0.25, -0.2) is 0 Å². The van der Waals surface area contributed by atoms with E-state index in [2.05, 4.69) is 24.1 Å². The van der Waals surface area contributed by atoms with Gasteiger partial charge in [-0.2, -0.15) is 0 Å². The minimum atomic E-state index is 0.0536. The van der Waals surface area contributed by atoms with Crippen molar-refractivity contribution in [1.29, 1.82) is 0 Å². The van der Waals surface area contributed by atoms with E-state index >= 15 is 0 Å². The number of rotatable bonds is 6. The van der Waals surface area contributed by atoms with Gasteiger partial charge in [-0.3, -0.25) is 4.79 Å². The number of carbonyl (C=O) groups excluding carboxylic acids is 1. The van der Waals surface area contributed by atoms with Crippen molar-refractivity contribution < 1.29 is 4.79 Å². The monoisotopic (exact) mass is 226 g/mol. The lowest BCUT2D eigenvalue weighted by atomic mass is 9.98. The van der Waals surface area contributed by atoms with E-state index < -0.39 is 0 Å². The maximum atomic E-state index is 12.1. The Hall–Kier alpha value is -0.570. The summed E-state index contributed by atoms with van der Waals surface area (Å²) >= 11 is 0. The molecule has 3 nitrogen and oxygen atoms in total. The standard InChI is InChI=1S/C13H26N2O/c1-4-5-6-8-12(16)15-10-7-9-13(15,2)11-14-3/h14H,4-11H2,1-3H3. The lowest BCUT2D eigenvalue weighted by Crippen LogP contribution is -2.50. The van der Waals surface area contributed by atoms with E-state index in [-0.39, 0.29) is 5.54 Å². The van der Waals surface area contributed by atoms with Gasteiger partial charge in [-0.1, -0.05) is 19.8 Å². The third-order valence-corrected chi connectivity index (χ3v) is 3.60. The minimum absolute atomic E-state index is 0.0536. The normalized spacial score (nSPS) is 25.1. The van der Waals surface area contributed by atoms with E-state index in [1.807, 2.05) is 7.05 Å². The van der Waals surface area contributed by atoms with E-state index in [9.17, 15) is 4.79 Å². The second kappa shape index (κ2) is 6.24. The summed E-state index contributed by atoms with van der Waals surface area (Å²) in [6, 6.07) is 0. The van der Waals surface area contributed by atoms with E-state index in [0.29, 0.717) is 5.91 Å². The van der Waals surface area contributed by atoms with Crippen LogP contribution in [0.5, 0.6) is 0 Å². The van der Waals surface area contributed by atoms with Crippen LogP contribution in [0.2, 0.25) is 0 Å². The molecule has 16 heavy (non-hydrogen) atoms. The molecule has 1 aliphatic heterocycles. The van der Waals surface area contributed by atoms with Crippen molar-refractivity contribution in [2.45, 2.75) is 57.9 Å². The topological polar surface area (TPSA) is 32.3 Å². The van der Waals surface area contributed by atoms with Gasteiger partial charge in [0.05, 0.1) is 5.54 Å². The van der Waals surface area contributed by atoms with E-state index in [1.54, 1.807) is 0 Å². The average Bonchev–Trinajstić information content (AvgIpc) is 2.61. The fourth-order valence-electron chi connectivity index (χ4n) is 2.67. The molecule has 0 aromatic carbocycles. The van der Waals surface area contributed by atoms with Gasteiger partial charge in [0.15, 0.2) is 0 Å². The molecule has 0 aromatic heterocycles. The van der Waals surface area contributed by atoms with Crippen molar-refractivity contribution in [3.8, 4) is 0 Å². The zero-order chi connectivity index (χ0) is 12.0. The molecule has 0 saturated carbocycles. The number of hydrogen-bond donors (Lipinski definition) is 1. The zero-order valence-electron chi connectivity index (χ0n) is 11.0. The summed E-state index contributed by atoms with van der Waals surface area (Å²) in [6.07, 6.45) is 6.41. The second-order valence-electron chi connectivity index (χ2n) is 5.13. The summed E-state index contributed by atoms with van der Waals surface area (Å²) in [5.74, 6) is 0.351. The number of nitrogens with one attached hydrogen (secondary N) is 1. The van der Waals surface area contributed by atoms with Crippen LogP contribution in [-0.4, -0.2) is 36.5 Å².